The first-order chi connectivity index (χ1) is 9.26. The summed E-state index contributed by atoms with van der Waals surface area (Å²) >= 11 is 0. The van der Waals surface area contributed by atoms with Gasteiger partial charge in [0.2, 0.25) is 5.95 Å². The van der Waals surface area contributed by atoms with Crippen LogP contribution in [0.2, 0.25) is 0 Å². The van der Waals surface area contributed by atoms with Crippen LogP contribution in [0, 0.1) is 0 Å². The Morgan fingerprint density at radius 1 is 1.32 bits per heavy atom. The van der Waals surface area contributed by atoms with E-state index in [2.05, 4.69) is 21.4 Å². The molecule has 3 N–H and O–H groups in total. The van der Waals surface area contributed by atoms with Gasteiger partial charge >= 0.3 is 0 Å². The topological polar surface area (TPSA) is 73.1 Å². The Morgan fingerprint density at radius 3 is 2.84 bits per heavy atom. The molecule has 0 bridgehead atoms. The second kappa shape index (κ2) is 4.76. The molecule has 1 aromatic carbocycles. The standard InChI is InChI=1S/C14H16N4O/c1-19-11-7-16-14(17-8-11)18-13-5-2-9-6-10(15)3-4-12(9)13/h3-4,6-8,13H,2,5,15H2,1H3,(H,16,17,18). The van der Waals surface area contributed by atoms with Crippen LogP contribution < -0.4 is 15.8 Å². The van der Waals surface area contributed by atoms with Gasteiger partial charge in [-0.05, 0) is 36.1 Å². The first-order valence-corrected chi connectivity index (χ1v) is 6.27. The fourth-order valence-corrected chi connectivity index (χ4v) is 2.44. The number of fused-ring (bicyclic) bond motifs is 1. The zero-order valence-electron chi connectivity index (χ0n) is 10.8. The first kappa shape index (κ1) is 11.8. The smallest absolute Gasteiger partial charge is 0.223 e. The maximum absolute atomic E-state index is 5.80. The quantitative estimate of drug-likeness (QED) is 0.823. The van der Waals surface area contributed by atoms with Crippen LogP contribution in [-0.4, -0.2) is 17.1 Å². The highest BCUT2D eigenvalue weighted by Crippen LogP contribution is 2.34. The van der Waals surface area contributed by atoms with Gasteiger partial charge in [0.15, 0.2) is 5.75 Å². The van der Waals surface area contributed by atoms with Crippen LogP contribution in [-0.2, 0) is 6.42 Å². The molecule has 1 aliphatic carbocycles. The van der Waals surface area contributed by atoms with E-state index in [0.717, 1.165) is 18.5 Å². The third-order valence-electron chi connectivity index (χ3n) is 3.41. The molecule has 19 heavy (non-hydrogen) atoms. The van der Waals surface area contributed by atoms with Gasteiger partial charge in [0, 0.05) is 5.69 Å². The van der Waals surface area contributed by atoms with E-state index in [9.17, 15) is 0 Å². The van der Waals surface area contributed by atoms with Crippen molar-refractivity contribution in [3.05, 3.63) is 41.7 Å². The summed E-state index contributed by atoms with van der Waals surface area (Å²) in [6.07, 6.45) is 5.39. The lowest BCUT2D eigenvalue weighted by atomic mass is 10.1. The predicted molar refractivity (Wildman–Crippen MR) is 74.1 cm³/mol. The number of rotatable bonds is 3. The van der Waals surface area contributed by atoms with Crippen molar-refractivity contribution in [3.8, 4) is 5.75 Å². The second-order valence-electron chi connectivity index (χ2n) is 4.64. The van der Waals surface area contributed by atoms with Crippen molar-refractivity contribution in [2.75, 3.05) is 18.2 Å². The molecular formula is C14H16N4O. The Kier molecular flexibility index (Phi) is 2.95. The van der Waals surface area contributed by atoms with Gasteiger partial charge < -0.3 is 15.8 Å². The Balaban J connectivity index is 1.78. The molecule has 0 amide bonds. The number of nitrogens with two attached hydrogens (primary N) is 1. The molecule has 0 fully saturated rings. The molecule has 0 radical (unpaired) electrons. The molecule has 0 saturated carbocycles. The summed E-state index contributed by atoms with van der Waals surface area (Å²) in [4.78, 5) is 8.46. The fourth-order valence-electron chi connectivity index (χ4n) is 2.44. The molecule has 0 spiro atoms. The highest BCUT2D eigenvalue weighted by atomic mass is 16.5. The summed E-state index contributed by atoms with van der Waals surface area (Å²) in [5, 5.41) is 3.35. The number of nitrogens with zero attached hydrogens (tertiary/aromatic N) is 2. The molecule has 3 rings (SSSR count). The van der Waals surface area contributed by atoms with Crippen molar-refractivity contribution >= 4 is 11.6 Å². The lowest BCUT2D eigenvalue weighted by Gasteiger charge is -2.14. The van der Waals surface area contributed by atoms with Crippen molar-refractivity contribution < 1.29 is 4.74 Å². The van der Waals surface area contributed by atoms with Crippen LogP contribution in [0.3, 0.4) is 0 Å². The maximum Gasteiger partial charge on any atom is 0.223 e. The molecule has 1 atom stereocenters. The van der Waals surface area contributed by atoms with E-state index >= 15 is 0 Å². The van der Waals surface area contributed by atoms with E-state index in [1.807, 2.05) is 12.1 Å². The van der Waals surface area contributed by atoms with Crippen LogP contribution in [0.25, 0.3) is 0 Å². The van der Waals surface area contributed by atoms with Gasteiger partial charge in [-0.3, -0.25) is 0 Å². The number of nitrogens with one attached hydrogen (secondary N) is 1. The summed E-state index contributed by atoms with van der Waals surface area (Å²) in [6.45, 7) is 0. The van der Waals surface area contributed by atoms with Gasteiger partial charge in [-0.2, -0.15) is 0 Å². The zero-order chi connectivity index (χ0) is 13.2. The summed E-state index contributed by atoms with van der Waals surface area (Å²) in [6, 6.07) is 6.32. The SMILES string of the molecule is COc1cnc(NC2CCc3cc(N)ccc32)nc1. The van der Waals surface area contributed by atoms with Gasteiger partial charge in [-0.15, -0.1) is 0 Å². The van der Waals surface area contributed by atoms with E-state index in [4.69, 9.17) is 10.5 Å². The summed E-state index contributed by atoms with van der Waals surface area (Å²) in [7, 11) is 1.60. The van der Waals surface area contributed by atoms with E-state index < -0.39 is 0 Å². The summed E-state index contributed by atoms with van der Waals surface area (Å²) < 4.78 is 5.04. The minimum atomic E-state index is 0.254. The van der Waals surface area contributed by atoms with Crippen LogP contribution in [0.15, 0.2) is 30.6 Å². The highest BCUT2D eigenvalue weighted by molar-refractivity contribution is 5.49. The number of aromatic nitrogens is 2. The molecule has 1 aliphatic rings. The predicted octanol–water partition coefficient (Wildman–Crippen LogP) is 2.17. The summed E-state index contributed by atoms with van der Waals surface area (Å²) in [5.41, 5.74) is 9.22. The Morgan fingerprint density at radius 2 is 2.11 bits per heavy atom. The van der Waals surface area contributed by atoms with Crippen molar-refractivity contribution in [3.63, 3.8) is 0 Å². The Bertz CT molecular complexity index is 582. The highest BCUT2D eigenvalue weighted by Gasteiger charge is 2.22. The number of anilines is 2. The maximum atomic E-state index is 5.80. The number of nitrogen functional groups attached to an aromatic ring is 1. The van der Waals surface area contributed by atoms with Crippen LogP contribution in [0.4, 0.5) is 11.6 Å². The molecule has 2 aromatic rings. The average Bonchev–Trinajstić information content (AvgIpc) is 2.82. The number of hydrogen-bond donors (Lipinski definition) is 2. The largest absolute Gasteiger partial charge is 0.494 e. The number of aryl methyl sites for hydroxylation is 1. The lowest BCUT2D eigenvalue weighted by Crippen LogP contribution is -2.09. The van der Waals surface area contributed by atoms with Crippen molar-refractivity contribution in [1.82, 2.24) is 9.97 Å². The van der Waals surface area contributed by atoms with Crippen LogP contribution >= 0.6 is 0 Å². The molecule has 0 saturated heterocycles. The van der Waals surface area contributed by atoms with E-state index in [1.54, 1.807) is 19.5 Å². The third-order valence-corrected chi connectivity index (χ3v) is 3.41. The molecular weight excluding hydrogens is 240 g/mol. The van der Waals surface area contributed by atoms with Crippen molar-refractivity contribution in [1.29, 1.82) is 0 Å². The van der Waals surface area contributed by atoms with Gasteiger partial charge in [0.25, 0.3) is 0 Å². The first-order valence-electron chi connectivity index (χ1n) is 6.27. The van der Waals surface area contributed by atoms with Crippen molar-refractivity contribution in [2.45, 2.75) is 18.9 Å². The van der Waals surface area contributed by atoms with Crippen molar-refractivity contribution in [2.24, 2.45) is 0 Å². The monoisotopic (exact) mass is 256 g/mol. The zero-order valence-corrected chi connectivity index (χ0v) is 10.8. The van der Waals surface area contributed by atoms with E-state index in [0.29, 0.717) is 11.7 Å². The summed E-state index contributed by atoms with van der Waals surface area (Å²) in [5.74, 6) is 1.28. The van der Waals surface area contributed by atoms with Gasteiger partial charge in [-0.1, -0.05) is 6.07 Å². The molecule has 5 heteroatoms. The molecule has 0 aliphatic heterocycles. The molecule has 98 valence electrons. The van der Waals surface area contributed by atoms with Gasteiger partial charge in [-0.25, -0.2) is 9.97 Å². The number of hydrogen-bond acceptors (Lipinski definition) is 5. The molecule has 1 heterocycles. The lowest BCUT2D eigenvalue weighted by molar-refractivity contribution is 0.411. The fraction of sp³-hybridized carbons (Fsp3) is 0.286. The second-order valence-corrected chi connectivity index (χ2v) is 4.64. The van der Waals surface area contributed by atoms with Gasteiger partial charge in [0.05, 0.1) is 25.5 Å². The minimum Gasteiger partial charge on any atom is -0.494 e. The number of ether oxygens (including phenoxy) is 1. The number of benzene rings is 1. The average molecular weight is 256 g/mol. The molecule has 1 aromatic heterocycles. The molecule has 1 unspecified atom stereocenters. The van der Waals surface area contributed by atoms with E-state index in [1.165, 1.54) is 11.1 Å². The minimum absolute atomic E-state index is 0.254. The van der Waals surface area contributed by atoms with Gasteiger partial charge in [0.1, 0.15) is 0 Å². The third kappa shape index (κ3) is 2.31. The van der Waals surface area contributed by atoms with Crippen LogP contribution in [0.1, 0.15) is 23.6 Å². The van der Waals surface area contributed by atoms with Crippen LogP contribution in [0.5, 0.6) is 5.75 Å². The van der Waals surface area contributed by atoms with E-state index in [-0.39, 0.29) is 6.04 Å². The Hall–Kier alpha value is -2.30. The number of methoxy groups -OCH3 is 1. The molecule has 5 nitrogen and oxygen atoms in total. The normalized spacial score (nSPS) is 17.0. The Labute approximate surface area is 111 Å².